The summed E-state index contributed by atoms with van der Waals surface area (Å²) in [5.74, 6) is 0.872. The van der Waals surface area contributed by atoms with Crippen LogP contribution in [0.5, 0.6) is 5.88 Å². The molecular weight excluding hydrogens is 508 g/mol. The Bertz CT molecular complexity index is 900. The van der Waals surface area contributed by atoms with Crippen LogP contribution in [0.25, 0.3) is 0 Å². The minimum absolute atomic E-state index is 0.0910. The van der Waals surface area contributed by atoms with Crippen molar-refractivity contribution in [1.29, 1.82) is 0 Å². The Morgan fingerprint density at radius 3 is 2.29 bits per heavy atom. The fourth-order valence-corrected chi connectivity index (χ4v) is 4.83. The summed E-state index contributed by atoms with van der Waals surface area (Å²) in [4.78, 5) is 28.1. The van der Waals surface area contributed by atoms with Crippen LogP contribution in [-0.2, 0) is 23.8 Å². The Morgan fingerprint density at radius 2 is 1.74 bits per heavy atom. The maximum atomic E-state index is 13.7. The third-order valence-corrected chi connectivity index (χ3v) is 7.42. The molecule has 0 radical (unpaired) electrons. The summed E-state index contributed by atoms with van der Waals surface area (Å²) in [5, 5.41) is 3.46. The van der Waals surface area contributed by atoms with Crippen molar-refractivity contribution in [2.75, 3.05) is 44.4 Å². The summed E-state index contributed by atoms with van der Waals surface area (Å²) in [6.45, 7) is 20.2. The SMILES string of the molecule is CCCC(C)(OC(C)C(=O)C(C)(CC)OC(CNC(C)(C)C)COc1nsnc1N1CCOCC1)C(C)=O. The third-order valence-electron chi connectivity index (χ3n) is 6.92. The molecule has 1 N–H and O–H groups in total. The lowest BCUT2D eigenvalue weighted by atomic mass is 9.91. The number of ketones is 2. The second-order valence-corrected chi connectivity index (χ2v) is 11.9. The molecule has 1 saturated heterocycles. The number of carbonyl (C=O) groups excluding carboxylic acids is 2. The summed E-state index contributed by atoms with van der Waals surface area (Å²) < 4.78 is 33.0. The van der Waals surface area contributed by atoms with Gasteiger partial charge in [-0.1, -0.05) is 20.3 Å². The summed E-state index contributed by atoms with van der Waals surface area (Å²) >= 11 is 1.10. The fourth-order valence-electron chi connectivity index (χ4n) is 4.31. The van der Waals surface area contributed by atoms with Crippen molar-refractivity contribution in [2.45, 2.75) is 111 Å². The smallest absolute Gasteiger partial charge is 0.270 e. The zero-order valence-electron chi connectivity index (χ0n) is 24.7. The van der Waals surface area contributed by atoms with Gasteiger partial charge in [-0.15, -0.1) is 4.37 Å². The molecule has 1 aliphatic rings. The van der Waals surface area contributed by atoms with E-state index in [1.54, 1.807) is 20.8 Å². The molecule has 0 aromatic carbocycles. The Morgan fingerprint density at radius 1 is 1.08 bits per heavy atom. The van der Waals surface area contributed by atoms with Crippen molar-refractivity contribution in [2.24, 2.45) is 0 Å². The average Bonchev–Trinajstić information content (AvgIpc) is 3.33. The molecule has 0 saturated carbocycles. The number of carbonyl (C=O) groups is 2. The van der Waals surface area contributed by atoms with Gasteiger partial charge in [0.15, 0.2) is 11.6 Å². The first-order valence-electron chi connectivity index (χ1n) is 13.7. The predicted molar refractivity (Wildman–Crippen MR) is 149 cm³/mol. The van der Waals surface area contributed by atoms with Gasteiger partial charge < -0.3 is 29.2 Å². The fraction of sp³-hybridized carbons (Fsp3) is 0.852. The molecule has 2 rings (SSSR count). The number of anilines is 1. The molecule has 1 aliphatic heterocycles. The molecule has 0 spiro atoms. The van der Waals surface area contributed by atoms with Gasteiger partial charge in [-0.05, 0) is 61.3 Å². The molecule has 1 aromatic rings. The molecule has 0 bridgehead atoms. The van der Waals surface area contributed by atoms with E-state index >= 15 is 0 Å². The van der Waals surface area contributed by atoms with Crippen LogP contribution in [0.1, 0.15) is 81.6 Å². The first-order valence-corrected chi connectivity index (χ1v) is 14.4. The normalized spacial score (nSPS) is 19.3. The Hall–Kier alpha value is -1.66. The van der Waals surface area contributed by atoms with Gasteiger partial charge in [-0.3, -0.25) is 9.59 Å². The summed E-state index contributed by atoms with van der Waals surface area (Å²) in [6, 6.07) is 0. The van der Waals surface area contributed by atoms with Crippen molar-refractivity contribution in [3.63, 3.8) is 0 Å². The van der Waals surface area contributed by atoms with Gasteiger partial charge in [0.1, 0.15) is 30.0 Å². The maximum absolute atomic E-state index is 13.7. The van der Waals surface area contributed by atoms with E-state index in [9.17, 15) is 9.59 Å². The van der Waals surface area contributed by atoms with Crippen molar-refractivity contribution in [3.8, 4) is 5.88 Å². The van der Waals surface area contributed by atoms with E-state index in [1.807, 2.05) is 13.8 Å². The number of ether oxygens (including phenoxy) is 4. The summed E-state index contributed by atoms with van der Waals surface area (Å²) in [5.41, 5.74) is -2.30. The number of Topliss-reactive ketones (excluding diaryl/α,β-unsaturated/α-hetero) is 2. The first-order chi connectivity index (χ1) is 17.7. The average molecular weight is 557 g/mol. The quantitative estimate of drug-likeness (QED) is 0.322. The van der Waals surface area contributed by atoms with Crippen molar-refractivity contribution >= 4 is 29.1 Å². The number of hydrogen-bond acceptors (Lipinski definition) is 11. The summed E-state index contributed by atoms with van der Waals surface area (Å²) in [6.07, 6.45) is 0.488. The number of morpholine rings is 1. The minimum Gasteiger partial charge on any atom is -0.472 e. The molecule has 0 aliphatic carbocycles. The highest BCUT2D eigenvalue weighted by Gasteiger charge is 2.42. The topological polar surface area (TPSA) is 112 Å². The van der Waals surface area contributed by atoms with E-state index in [0.717, 1.165) is 31.2 Å². The van der Waals surface area contributed by atoms with Crippen LogP contribution in [0, 0.1) is 0 Å². The van der Waals surface area contributed by atoms with Gasteiger partial charge in [0.25, 0.3) is 5.88 Å². The van der Waals surface area contributed by atoms with E-state index in [2.05, 4.69) is 39.7 Å². The predicted octanol–water partition coefficient (Wildman–Crippen LogP) is 3.82. The Labute approximate surface area is 232 Å². The van der Waals surface area contributed by atoms with Crippen LogP contribution < -0.4 is 15.0 Å². The Balaban J connectivity index is 2.18. The highest BCUT2D eigenvalue weighted by molar-refractivity contribution is 6.99. The molecule has 4 atom stereocenters. The lowest BCUT2D eigenvalue weighted by molar-refractivity contribution is -0.176. The zero-order chi connectivity index (χ0) is 28.6. The summed E-state index contributed by atoms with van der Waals surface area (Å²) in [7, 11) is 0. The Kier molecular flexibility index (Phi) is 12.1. The molecule has 0 amide bonds. The van der Waals surface area contributed by atoms with Gasteiger partial charge in [0, 0.05) is 25.2 Å². The van der Waals surface area contributed by atoms with Crippen LogP contribution in [0.2, 0.25) is 0 Å². The van der Waals surface area contributed by atoms with Crippen molar-refractivity contribution < 1.29 is 28.5 Å². The number of nitrogens with zero attached hydrogens (tertiary/aromatic N) is 3. The molecule has 2 heterocycles. The molecule has 4 unspecified atom stereocenters. The van der Waals surface area contributed by atoms with Gasteiger partial charge in [0.05, 0.1) is 24.9 Å². The molecule has 38 heavy (non-hydrogen) atoms. The lowest BCUT2D eigenvalue weighted by Gasteiger charge is -2.37. The first kappa shape index (κ1) is 32.6. The van der Waals surface area contributed by atoms with Crippen molar-refractivity contribution in [3.05, 3.63) is 0 Å². The monoisotopic (exact) mass is 556 g/mol. The second kappa shape index (κ2) is 14.1. The van der Waals surface area contributed by atoms with E-state index in [4.69, 9.17) is 18.9 Å². The van der Waals surface area contributed by atoms with Gasteiger partial charge >= 0.3 is 0 Å². The molecule has 1 aromatic heterocycles. The molecule has 10 nitrogen and oxygen atoms in total. The third kappa shape index (κ3) is 9.22. The minimum atomic E-state index is -1.13. The maximum Gasteiger partial charge on any atom is 0.270 e. The highest BCUT2D eigenvalue weighted by atomic mass is 32.1. The number of nitrogens with one attached hydrogen (secondary N) is 1. The highest BCUT2D eigenvalue weighted by Crippen LogP contribution is 2.29. The number of rotatable bonds is 16. The second-order valence-electron chi connectivity index (χ2n) is 11.4. The largest absolute Gasteiger partial charge is 0.472 e. The van der Waals surface area contributed by atoms with Crippen molar-refractivity contribution in [1.82, 2.24) is 14.1 Å². The van der Waals surface area contributed by atoms with E-state index in [-0.39, 0.29) is 23.7 Å². The van der Waals surface area contributed by atoms with Crippen LogP contribution in [0.3, 0.4) is 0 Å². The number of hydrogen-bond donors (Lipinski definition) is 1. The van der Waals surface area contributed by atoms with E-state index in [1.165, 1.54) is 6.92 Å². The van der Waals surface area contributed by atoms with Crippen LogP contribution in [0.15, 0.2) is 0 Å². The van der Waals surface area contributed by atoms with Gasteiger partial charge in [0.2, 0.25) is 5.82 Å². The molecule has 218 valence electrons. The van der Waals surface area contributed by atoms with Crippen LogP contribution >= 0.6 is 11.7 Å². The van der Waals surface area contributed by atoms with E-state index in [0.29, 0.717) is 44.3 Å². The van der Waals surface area contributed by atoms with Crippen LogP contribution in [0.4, 0.5) is 5.82 Å². The zero-order valence-corrected chi connectivity index (χ0v) is 25.5. The molecule has 11 heteroatoms. The molecular formula is C27H48N4O6S. The lowest BCUT2D eigenvalue weighted by Crippen LogP contribution is -2.53. The molecule has 1 fully saturated rings. The van der Waals surface area contributed by atoms with Gasteiger partial charge in [-0.25, -0.2) is 0 Å². The standard InChI is InChI=1S/C27H48N4O6S/c1-10-12-27(9,20(4)32)36-19(3)22(33)26(8,11-2)37-21(17-28-25(5,6)7)18-35-24-23(29-38-30-24)31-13-15-34-16-14-31/h19,21,28H,10-18H2,1-9H3. The van der Waals surface area contributed by atoms with Gasteiger partial charge in [-0.2, -0.15) is 4.37 Å². The van der Waals surface area contributed by atoms with Crippen LogP contribution in [-0.4, -0.2) is 88.7 Å². The van der Waals surface area contributed by atoms with E-state index < -0.39 is 23.4 Å². The number of aromatic nitrogens is 2.